The van der Waals surface area contributed by atoms with Gasteiger partial charge >= 0.3 is 0 Å². The highest BCUT2D eigenvalue weighted by Crippen LogP contribution is 2.25. The van der Waals surface area contributed by atoms with E-state index in [1.807, 2.05) is 13.0 Å². The van der Waals surface area contributed by atoms with Gasteiger partial charge in [0.25, 0.3) is 5.91 Å². The van der Waals surface area contributed by atoms with Crippen LogP contribution in [0.3, 0.4) is 0 Å². The van der Waals surface area contributed by atoms with E-state index in [9.17, 15) is 13.2 Å². The molecule has 138 valence electrons. The topological polar surface area (TPSA) is 110 Å². The first-order valence-corrected chi connectivity index (χ1v) is 9.95. The van der Waals surface area contributed by atoms with Crippen molar-refractivity contribution in [2.75, 3.05) is 29.2 Å². The number of methoxy groups -OCH3 is 1. The summed E-state index contributed by atoms with van der Waals surface area (Å²) < 4.78 is 28.2. The zero-order chi connectivity index (χ0) is 18.7. The van der Waals surface area contributed by atoms with Gasteiger partial charge in [-0.05, 0) is 43.2 Å². The Morgan fingerprint density at radius 3 is 2.65 bits per heavy atom. The van der Waals surface area contributed by atoms with Gasteiger partial charge in [-0.2, -0.15) is 0 Å². The highest BCUT2D eigenvalue weighted by atomic mass is 32.2. The molecule has 0 radical (unpaired) electrons. The summed E-state index contributed by atoms with van der Waals surface area (Å²) in [6.45, 7) is 1.92. The standard InChI is InChI=1S/C17H20N4O4S/c1-11-3-5-15(25-2)14(9-11)19-17(22)13-4-6-16(21-20-13)18-12-7-8-26(23,24)10-12/h3-6,9,12H,7-8,10H2,1-2H3,(H,18,21)(H,19,22). The molecule has 3 rings (SSSR count). The molecule has 8 nitrogen and oxygen atoms in total. The number of amides is 1. The SMILES string of the molecule is COc1ccc(C)cc1NC(=O)c1ccc(NC2CCS(=O)(=O)C2)nn1. The molecule has 1 fully saturated rings. The van der Waals surface area contributed by atoms with E-state index in [0.29, 0.717) is 23.7 Å². The number of nitrogens with one attached hydrogen (secondary N) is 2. The van der Waals surface area contributed by atoms with Gasteiger partial charge in [0.05, 0.1) is 24.3 Å². The van der Waals surface area contributed by atoms with Crippen LogP contribution in [0.4, 0.5) is 11.5 Å². The van der Waals surface area contributed by atoms with Crippen LogP contribution in [0, 0.1) is 6.92 Å². The molecule has 2 aromatic rings. The Balaban J connectivity index is 1.67. The Morgan fingerprint density at radius 1 is 1.23 bits per heavy atom. The summed E-state index contributed by atoms with van der Waals surface area (Å²) in [6.07, 6.45) is 0.541. The number of aromatic nitrogens is 2. The maximum absolute atomic E-state index is 12.4. The van der Waals surface area contributed by atoms with Crippen molar-refractivity contribution in [3.05, 3.63) is 41.6 Å². The van der Waals surface area contributed by atoms with Crippen molar-refractivity contribution in [3.63, 3.8) is 0 Å². The van der Waals surface area contributed by atoms with E-state index < -0.39 is 15.7 Å². The Bertz CT molecular complexity index is 913. The van der Waals surface area contributed by atoms with Crippen molar-refractivity contribution >= 4 is 27.2 Å². The number of ether oxygens (including phenoxy) is 1. The van der Waals surface area contributed by atoms with E-state index in [1.165, 1.54) is 13.2 Å². The summed E-state index contributed by atoms with van der Waals surface area (Å²) >= 11 is 0. The van der Waals surface area contributed by atoms with Crippen LogP contribution in [0.15, 0.2) is 30.3 Å². The van der Waals surface area contributed by atoms with Crippen LogP contribution in [-0.2, 0) is 9.84 Å². The second-order valence-electron chi connectivity index (χ2n) is 6.21. The normalized spacial score (nSPS) is 18.3. The minimum Gasteiger partial charge on any atom is -0.495 e. The van der Waals surface area contributed by atoms with Crippen LogP contribution in [-0.4, -0.2) is 49.2 Å². The molecule has 1 aromatic heterocycles. The van der Waals surface area contributed by atoms with Gasteiger partial charge in [0.1, 0.15) is 11.6 Å². The minimum atomic E-state index is -2.97. The molecule has 1 unspecified atom stereocenters. The van der Waals surface area contributed by atoms with Crippen LogP contribution >= 0.6 is 0 Å². The Kier molecular flexibility index (Phi) is 5.08. The van der Waals surface area contributed by atoms with E-state index in [0.717, 1.165) is 5.56 Å². The lowest BCUT2D eigenvalue weighted by atomic mass is 10.2. The lowest BCUT2D eigenvalue weighted by Crippen LogP contribution is -2.22. The lowest BCUT2D eigenvalue weighted by Gasteiger charge is -2.12. The van der Waals surface area contributed by atoms with Crippen molar-refractivity contribution < 1.29 is 17.9 Å². The summed E-state index contributed by atoms with van der Waals surface area (Å²) in [4.78, 5) is 12.4. The number of hydrogen-bond acceptors (Lipinski definition) is 7. The predicted molar refractivity (Wildman–Crippen MR) is 98.4 cm³/mol. The van der Waals surface area contributed by atoms with Crippen molar-refractivity contribution in [2.24, 2.45) is 0 Å². The molecule has 1 amide bonds. The number of carbonyl (C=O) groups excluding carboxylic acids is 1. The fourth-order valence-corrected chi connectivity index (χ4v) is 4.43. The van der Waals surface area contributed by atoms with Gasteiger partial charge in [0.15, 0.2) is 15.5 Å². The summed E-state index contributed by atoms with van der Waals surface area (Å²) in [6, 6.07) is 8.44. The Labute approximate surface area is 151 Å². The molecule has 1 aliphatic heterocycles. The third kappa shape index (κ3) is 4.29. The highest BCUT2D eigenvalue weighted by molar-refractivity contribution is 7.91. The molecule has 9 heteroatoms. The van der Waals surface area contributed by atoms with E-state index >= 15 is 0 Å². The fraction of sp³-hybridized carbons (Fsp3) is 0.353. The summed E-state index contributed by atoms with van der Waals surface area (Å²) in [7, 11) is -1.44. The van der Waals surface area contributed by atoms with Crippen molar-refractivity contribution in [2.45, 2.75) is 19.4 Å². The van der Waals surface area contributed by atoms with E-state index in [-0.39, 0.29) is 23.2 Å². The zero-order valence-electron chi connectivity index (χ0n) is 14.5. The van der Waals surface area contributed by atoms with Gasteiger partial charge in [0.2, 0.25) is 0 Å². The van der Waals surface area contributed by atoms with Gasteiger partial charge in [-0.15, -0.1) is 10.2 Å². The smallest absolute Gasteiger partial charge is 0.276 e. The molecule has 1 aromatic carbocycles. The van der Waals surface area contributed by atoms with Crippen LogP contribution < -0.4 is 15.4 Å². The summed E-state index contributed by atoms with van der Waals surface area (Å²) in [5, 5.41) is 13.7. The van der Waals surface area contributed by atoms with Gasteiger partial charge in [-0.3, -0.25) is 4.79 Å². The molecule has 26 heavy (non-hydrogen) atoms. The first-order chi connectivity index (χ1) is 12.4. The van der Waals surface area contributed by atoms with Crippen LogP contribution in [0.25, 0.3) is 0 Å². The summed E-state index contributed by atoms with van der Waals surface area (Å²) in [5.74, 6) is 0.854. The van der Waals surface area contributed by atoms with E-state index in [1.54, 1.807) is 18.2 Å². The molecule has 1 atom stereocenters. The van der Waals surface area contributed by atoms with Gasteiger partial charge in [0, 0.05) is 6.04 Å². The van der Waals surface area contributed by atoms with Gasteiger partial charge < -0.3 is 15.4 Å². The largest absolute Gasteiger partial charge is 0.495 e. The van der Waals surface area contributed by atoms with E-state index in [2.05, 4.69) is 20.8 Å². The number of nitrogens with zero attached hydrogens (tertiary/aromatic N) is 2. The second kappa shape index (κ2) is 7.28. The molecule has 0 aliphatic carbocycles. The average Bonchev–Trinajstić information content (AvgIpc) is 2.94. The van der Waals surface area contributed by atoms with Crippen molar-refractivity contribution in [3.8, 4) is 5.75 Å². The number of hydrogen-bond donors (Lipinski definition) is 2. The number of anilines is 2. The molecule has 0 saturated carbocycles. The Morgan fingerprint density at radius 2 is 2.04 bits per heavy atom. The molecule has 0 bridgehead atoms. The van der Waals surface area contributed by atoms with Gasteiger partial charge in [-0.25, -0.2) is 8.42 Å². The first-order valence-electron chi connectivity index (χ1n) is 8.13. The van der Waals surface area contributed by atoms with E-state index in [4.69, 9.17) is 4.74 Å². The first kappa shape index (κ1) is 18.1. The molecule has 1 aliphatic rings. The number of benzene rings is 1. The van der Waals surface area contributed by atoms with Gasteiger partial charge in [-0.1, -0.05) is 6.07 Å². The van der Waals surface area contributed by atoms with Crippen LogP contribution in [0.2, 0.25) is 0 Å². The van der Waals surface area contributed by atoms with Crippen molar-refractivity contribution in [1.82, 2.24) is 10.2 Å². The average molecular weight is 376 g/mol. The molecule has 0 spiro atoms. The minimum absolute atomic E-state index is 0.0874. The third-order valence-electron chi connectivity index (χ3n) is 4.08. The highest BCUT2D eigenvalue weighted by Gasteiger charge is 2.28. The van der Waals surface area contributed by atoms with Crippen molar-refractivity contribution in [1.29, 1.82) is 0 Å². The molecule has 2 heterocycles. The number of rotatable bonds is 5. The monoisotopic (exact) mass is 376 g/mol. The quantitative estimate of drug-likeness (QED) is 0.816. The van der Waals surface area contributed by atoms with Crippen LogP contribution in [0.1, 0.15) is 22.5 Å². The predicted octanol–water partition coefficient (Wildman–Crippen LogP) is 1.64. The molecular formula is C17H20N4O4S. The third-order valence-corrected chi connectivity index (χ3v) is 5.85. The summed E-state index contributed by atoms with van der Waals surface area (Å²) in [5.41, 5.74) is 1.69. The maximum Gasteiger partial charge on any atom is 0.276 e. The molecule has 1 saturated heterocycles. The number of carbonyl (C=O) groups is 1. The number of sulfone groups is 1. The second-order valence-corrected chi connectivity index (χ2v) is 8.43. The lowest BCUT2D eigenvalue weighted by molar-refractivity contribution is 0.102. The fourth-order valence-electron chi connectivity index (χ4n) is 2.75. The Hall–Kier alpha value is -2.68. The molecule has 2 N–H and O–H groups in total. The molecular weight excluding hydrogens is 356 g/mol. The maximum atomic E-state index is 12.4. The zero-order valence-corrected chi connectivity index (χ0v) is 15.3. The van der Waals surface area contributed by atoms with Crippen LogP contribution in [0.5, 0.6) is 5.75 Å². The number of aryl methyl sites for hydroxylation is 1.